The molecule has 1 aliphatic rings. The highest BCUT2D eigenvalue weighted by Crippen LogP contribution is 2.37. The summed E-state index contributed by atoms with van der Waals surface area (Å²) in [7, 11) is 0. The fourth-order valence-electron chi connectivity index (χ4n) is 3.06. The molecule has 118 valence electrons. The fraction of sp³-hybridized carbons (Fsp3) is 0.353. The van der Waals surface area contributed by atoms with Crippen LogP contribution in [0.4, 0.5) is 0 Å². The number of fused-ring (bicyclic) bond motifs is 1. The van der Waals surface area contributed by atoms with Crippen LogP contribution >= 0.6 is 0 Å². The van der Waals surface area contributed by atoms with Gasteiger partial charge in [0.2, 0.25) is 0 Å². The minimum absolute atomic E-state index is 0.0334. The lowest BCUT2D eigenvalue weighted by Gasteiger charge is -2.33. The van der Waals surface area contributed by atoms with E-state index >= 15 is 0 Å². The first-order valence-corrected chi connectivity index (χ1v) is 7.41. The Morgan fingerprint density at radius 2 is 2.00 bits per heavy atom. The molecule has 6 nitrogen and oxygen atoms in total. The molecule has 0 aliphatic heterocycles. The predicted molar refractivity (Wildman–Crippen MR) is 82.7 cm³/mol. The maximum absolute atomic E-state index is 13.0. The van der Waals surface area contributed by atoms with Crippen molar-refractivity contribution < 1.29 is 14.7 Å². The lowest BCUT2D eigenvalue weighted by atomic mass is 9.70. The number of Topliss-reactive ketones (excluding diaryl/α,β-unsaturated/α-hetero) is 1. The number of pyridine rings is 1. The van der Waals surface area contributed by atoms with Gasteiger partial charge in [-0.25, -0.2) is 19.7 Å². The van der Waals surface area contributed by atoms with Crippen LogP contribution < -0.4 is 0 Å². The Labute approximate surface area is 133 Å². The van der Waals surface area contributed by atoms with Gasteiger partial charge in [0.25, 0.3) is 0 Å². The molecular formula is C17H17N3O3. The molecule has 0 saturated heterocycles. The average Bonchev–Trinajstić information content (AvgIpc) is 2.49. The number of nitrogens with zero attached hydrogens (tertiary/aromatic N) is 3. The number of aromatic nitrogens is 3. The predicted octanol–water partition coefficient (Wildman–Crippen LogP) is 2.27. The Bertz CT molecular complexity index is 812. The highest BCUT2D eigenvalue weighted by Gasteiger charge is 2.41. The Kier molecular flexibility index (Phi) is 3.47. The zero-order chi connectivity index (χ0) is 16.8. The Balaban J connectivity index is 2.08. The van der Waals surface area contributed by atoms with Crippen molar-refractivity contribution in [1.82, 2.24) is 15.0 Å². The maximum Gasteiger partial charge on any atom is 0.354 e. The Morgan fingerprint density at radius 1 is 1.26 bits per heavy atom. The van der Waals surface area contributed by atoms with Crippen molar-refractivity contribution in [3.05, 3.63) is 52.4 Å². The summed E-state index contributed by atoms with van der Waals surface area (Å²) in [5, 5.41) is 9.03. The molecule has 0 fully saturated rings. The number of aromatic carboxylic acids is 1. The molecule has 1 N–H and O–H groups in total. The average molecular weight is 311 g/mol. The van der Waals surface area contributed by atoms with E-state index in [0.717, 1.165) is 11.3 Å². The number of rotatable bonds is 2. The molecule has 0 bridgehead atoms. The van der Waals surface area contributed by atoms with Gasteiger partial charge in [-0.05, 0) is 51.3 Å². The summed E-state index contributed by atoms with van der Waals surface area (Å²) in [6.45, 7) is 5.57. The van der Waals surface area contributed by atoms with E-state index in [1.165, 1.54) is 12.3 Å². The monoisotopic (exact) mass is 311 g/mol. The molecule has 2 heterocycles. The third-order valence-electron chi connectivity index (χ3n) is 4.38. The zero-order valence-corrected chi connectivity index (χ0v) is 13.3. The molecule has 1 atom stereocenters. The largest absolute Gasteiger partial charge is 0.477 e. The summed E-state index contributed by atoms with van der Waals surface area (Å²) in [5.41, 5.74) is 1.98. The third-order valence-corrected chi connectivity index (χ3v) is 4.38. The SMILES string of the molecule is Cc1cc(C2(C)CCc3cc(C(=O)O)ncc3C2=O)nc(C)n1. The molecule has 0 amide bonds. The van der Waals surface area contributed by atoms with Crippen LogP contribution in [-0.2, 0) is 11.8 Å². The number of hydrogen-bond donors (Lipinski definition) is 1. The molecule has 0 aromatic carbocycles. The number of aryl methyl sites for hydroxylation is 3. The molecule has 23 heavy (non-hydrogen) atoms. The highest BCUT2D eigenvalue weighted by atomic mass is 16.4. The molecule has 1 aliphatic carbocycles. The van der Waals surface area contributed by atoms with Crippen molar-refractivity contribution in [2.24, 2.45) is 0 Å². The van der Waals surface area contributed by atoms with Crippen LogP contribution in [0.25, 0.3) is 0 Å². The molecule has 2 aromatic heterocycles. The van der Waals surface area contributed by atoms with Gasteiger partial charge >= 0.3 is 5.97 Å². The van der Waals surface area contributed by atoms with E-state index in [2.05, 4.69) is 15.0 Å². The van der Waals surface area contributed by atoms with E-state index in [0.29, 0.717) is 29.9 Å². The van der Waals surface area contributed by atoms with E-state index in [1.54, 1.807) is 0 Å². The van der Waals surface area contributed by atoms with Gasteiger partial charge in [0.05, 0.1) is 11.1 Å². The van der Waals surface area contributed by atoms with Crippen molar-refractivity contribution in [1.29, 1.82) is 0 Å². The van der Waals surface area contributed by atoms with Gasteiger partial charge in [-0.2, -0.15) is 0 Å². The van der Waals surface area contributed by atoms with Crippen molar-refractivity contribution >= 4 is 11.8 Å². The molecule has 6 heteroatoms. The maximum atomic E-state index is 13.0. The third kappa shape index (κ3) is 2.50. The van der Waals surface area contributed by atoms with E-state index < -0.39 is 11.4 Å². The van der Waals surface area contributed by atoms with Gasteiger partial charge in [0.15, 0.2) is 5.78 Å². The summed E-state index contributed by atoms with van der Waals surface area (Å²) < 4.78 is 0. The van der Waals surface area contributed by atoms with Gasteiger partial charge in [-0.3, -0.25) is 4.79 Å². The molecule has 2 aromatic rings. The quantitative estimate of drug-likeness (QED) is 0.914. The topological polar surface area (TPSA) is 93.0 Å². The van der Waals surface area contributed by atoms with Crippen molar-refractivity contribution in [2.75, 3.05) is 0 Å². The van der Waals surface area contributed by atoms with Gasteiger partial charge in [-0.15, -0.1) is 0 Å². The first-order chi connectivity index (χ1) is 10.8. The number of carbonyl (C=O) groups is 2. The summed E-state index contributed by atoms with van der Waals surface area (Å²) in [6, 6.07) is 3.33. The number of carbonyl (C=O) groups excluding carboxylic acids is 1. The normalized spacial score (nSPS) is 20.2. The van der Waals surface area contributed by atoms with Gasteiger partial charge in [0, 0.05) is 17.5 Å². The molecular weight excluding hydrogens is 294 g/mol. The number of carboxylic acids is 1. The van der Waals surface area contributed by atoms with Crippen LogP contribution in [0.1, 0.15) is 57.0 Å². The molecule has 1 unspecified atom stereocenters. The number of carboxylic acid groups (broad SMARTS) is 1. The minimum Gasteiger partial charge on any atom is -0.477 e. The van der Waals surface area contributed by atoms with Gasteiger partial charge < -0.3 is 5.11 Å². The summed E-state index contributed by atoms with van der Waals surface area (Å²) in [5.74, 6) is -0.518. The molecule has 0 radical (unpaired) electrons. The van der Waals surface area contributed by atoms with Crippen molar-refractivity contribution in [3.8, 4) is 0 Å². The first kappa shape index (κ1) is 15.3. The van der Waals surface area contributed by atoms with Gasteiger partial charge in [-0.1, -0.05) is 0 Å². The number of ketones is 1. The Morgan fingerprint density at radius 3 is 2.65 bits per heavy atom. The van der Waals surface area contributed by atoms with Crippen molar-refractivity contribution in [2.45, 2.75) is 39.0 Å². The van der Waals surface area contributed by atoms with E-state index in [9.17, 15) is 9.59 Å². The van der Waals surface area contributed by atoms with E-state index in [4.69, 9.17) is 5.11 Å². The van der Waals surface area contributed by atoms with Crippen LogP contribution in [0.2, 0.25) is 0 Å². The van der Waals surface area contributed by atoms with Crippen molar-refractivity contribution in [3.63, 3.8) is 0 Å². The summed E-state index contributed by atoms with van der Waals surface area (Å²) >= 11 is 0. The molecule has 3 rings (SSSR count). The number of hydrogen-bond acceptors (Lipinski definition) is 5. The van der Waals surface area contributed by atoms with Crippen LogP contribution in [0.3, 0.4) is 0 Å². The summed E-state index contributed by atoms with van der Waals surface area (Å²) in [4.78, 5) is 36.6. The molecule has 0 saturated carbocycles. The summed E-state index contributed by atoms with van der Waals surface area (Å²) in [6.07, 6.45) is 2.57. The van der Waals surface area contributed by atoms with Crippen LogP contribution in [0.15, 0.2) is 18.3 Å². The fourth-order valence-corrected chi connectivity index (χ4v) is 3.06. The second-order valence-corrected chi connectivity index (χ2v) is 6.13. The molecule has 0 spiro atoms. The van der Waals surface area contributed by atoms with Crippen LogP contribution in [0.5, 0.6) is 0 Å². The highest BCUT2D eigenvalue weighted by molar-refractivity contribution is 6.06. The standard InChI is InChI=1S/C17H17N3O3/c1-9-6-14(20-10(2)19-9)17(3)5-4-11-7-13(16(22)23)18-8-12(11)15(17)21/h6-8H,4-5H2,1-3H3,(H,22,23). The second-order valence-electron chi connectivity index (χ2n) is 6.13. The Hall–Kier alpha value is -2.63. The van der Waals surface area contributed by atoms with E-state index in [1.807, 2.05) is 26.8 Å². The minimum atomic E-state index is -1.09. The smallest absolute Gasteiger partial charge is 0.354 e. The first-order valence-electron chi connectivity index (χ1n) is 7.41. The lowest BCUT2D eigenvalue weighted by molar-refractivity contribution is 0.0689. The second kappa shape index (κ2) is 5.22. The van der Waals surface area contributed by atoms with E-state index in [-0.39, 0.29) is 11.5 Å². The van der Waals surface area contributed by atoms with Crippen LogP contribution in [0, 0.1) is 13.8 Å². The van der Waals surface area contributed by atoms with Crippen LogP contribution in [-0.4, -0.2) is 31.8 Å². The zero-order valence-electron chi connectivity index (χ0n) is 13.3. The lowest BCUT2D eigenvalue weighted by Crippen LogP contribution is -2.38. The van der Waals surface area contributed by atoms with Gasteiger partial charge in [0.1, 0.15) is 11.5 Å².